The first kappa shape index (κ1) is 10.9. The van der Waals surface area contributed by atoms with E-state index in [0.717, 1.165) is 0 Å². The fourth-order valence-electron chi connectivity index (χ4n) is 1.07. The van der Waals surface area contributed by atoms with Crippen molar-refractivity contribution in [2.75, 3.05) is 0 Å². The fraction of sp³-hybridized carbons (Fsp3) is 0.571. The van der Waals surface area contributed by atoms with Crippen molar-refractivity contribution in [1.82, 2.24) is 0 Å². The zero-order valence-electron chi connectivity index (χ0n) is 6.82. The highest BCUT2D eigenvalue weighted by molar-refractivity contribution is 6.65. The summed E-state index contributed by atoms with van der Waals surface area (Å²) in [5.74, 6) is -4.68. The second kappa shape index (κ2) is 3.54. The van der Waals surface area contributed by atoms with E-state index < -0.39 is 41.8 Å². The van der Waals surface area contributed by atoms with Crippen molar-refractivity contribution >= 4 is 17.3 Å². The molecule has 7 nitrogen and oxygen atoms in total. The summed E-state index contributed by atoms with van der Waals surface area (Å²) in [7, 11) is 0. The van der Waals surface area contributed by atoms with Crippen LogP contribution in [0, 0.1) is 0 Å². The van der Waals surface area contributed by atoms with Gasteiger partial charge in [0.1, 0.15) is 24.4 Å². The van der Waals surface area contributed by atoms with Crippen LogP contribution in [0.2, 0.25) is 0 Å². The Morgan fingerprint density at radius 1 is 0.714 bits per heavy atom. The van der Waals surface area contributed by atoms with Crippen LogP contribution in [0.3, 0.4) is 0 Å². The number of ketones is 3. The van der Waals surface area contributed by atoms with Crippen LogP contribution in [0.4, 0.5) is 0 Å². The van der Waals surface area contributed by atoms with Gasteiger partial charge in [-0.2, -0.15) is 0 Å². The van der Waals surface area contributed by atoms with Gasteiger partial charge in [-0.15, -0.1) is 0 Å². The van der Waals surface area contributed by atoms with Gasteiger partial charge in [-0.3, -0.25) is 14.4 Å². The first-order valence-corrected chi connectivity index (χ1v) is 3.72. The van der Waals surface area contributed by atoms with Crippen molar-refractivity contribution in [3.05, 3.63) is 0 Å². The van der Waals surface area contributed by atoms with E-state index >= 15 is 0 Å². The lowest BCUT2D eigenvalue weighted by atomic mass is 10.1. The van der Waals surface area contributed by atoms with Crippen LogP contribution < -0.4 is 0 Å². The quantitative estimate of drug-likeness (QED) is 0.234. The van der Waals surface area contributed by atoms with Crippen molar-refractivity contribution in [2.24, 2.45) is 0 Å². The third-order valence-corrected chi connectivity index (χ3v) is 1.98. The van der Waals surface area contributed by atoms with E-state index in [0.29, 0.717) is 0 Å². The van der Waals surface area contributed by atoms with Crippen LogP contribution in [-0.4, -0.2) is 62.2 Å². The van der Waals surface area contributed by atoms with Gasteiger partial charge >= 0.3 is 0 Å². The van der Waals surface area contributed by atoms with Crippen LogP contribution in [0.15, 0.2) is 0 Å². The van der Waals surface area contributed by atoms with E-state index in [9.17, 15) is 14.4 Å². The Bertz CT molecular complexity index is 268. The van der Waals surface area contributed by atoms with Crippen LogP contribution in [0.5, 0.6) is 0 Å². The van der Waals surface area contributed by atoms with E-state index in [1.807, 2.05) is 0 Å². The minimum absolute atomic E-state index is 1.53. The predicted octanol–water partition coefficient (Wildman–Crippen LogP) is -3.85. The molecule has 1 rings (SSSR count). The molecule has 0 radical (unpaired) electrons. The number of carbonyl (C=O) groups excluding carboxylic acids is 3. The maximum absolute atomic E-state index is 10.9. The first-order chi connectivity index (χ1) is 6.37. The molecule has 14 heavy (non-hydrogen) atoms. The van der Waals surface area contributed by atoms with Crippen LogP contribution in [-0.2, 0) is 14.4 Å². The molecule has 1 saturated carbocycles. The van der Waals surface area contributed by atoms with Crippen molar-refractivity contribution in [2.45, 2.75) is 24.4 Å². The number of Topliss-reactive ketones (excluding diaryl/α,β-unsaturated/α-hetero) is 3. The normalized spacial score (nSPS) is 39.9. The van der Waals surface area contributed by atoms with Gasteiger partial charge < -0.3 is 20.4 Å². The predicted molar refractivity (Wildman–Crippen MR) is 39.0 cm³/mol. The Morgan fingerprint density at radius 3 is 1.29 bits per heavy atom. The molecule has 0 spiro atoms. The van der Waals surface area contributed by atoms with Gasteiger partial charge in [0, 0.05) is 0 Å². The molecule has 0 amide bonds. The lowest BCUT2D eigenvalue weighted by molar-refractivity contribution is -0.149. The van der Waals surface area contributed by atoms with Gasteiger partial charge in [-0.1, -0.05) is 0 Å². The highest BCUT2D eigenvalue weighted by Crippen LogP contribution is 2.12. The summed E-state index contributed by atoms with van der Waals surface area (Å²) in [5.41, 5.74) is 0. The van der Waals surface area contributed by atoms with Gasteiger partial charge in [0.15, 0.2) is 0 Å². The van der Waals surface area contributed by atoms with Crippen molar-refractivity contribution in [1.29, 1.82) is 0 Å². The molecule has 1 aliphatic rings. The molecule has 7 heteroatoms. The van der Waals surface area contributed by atoms with Crippen LogP contribution in [0.1, 0.15) is 0 Å². The Hall–Kier alpha value is -1.15. The summed E-state index contributed by atoms with van der Waals surface area (Å²) < 4.78 is 0. The molecule has 0 aromatic heterocycles. The van der Waals surface area contributed by atoms with Gasteiger partial charge in [0.25, 0.3) is 5.78 Å². The topological polar surface area (TPSA) is 132 Å². The number of aliphatic hydroxyl groups excluding tert-OH is 4. The minimum atomic E-state index is -2.18. The summed E-state index contributed by atoms with van der Waals surface area (Å²) in [6, 6.07) is 0. The Balaban J connectivity index is 3.11. The summed E-state index contributed by atoms with van der Waals surface area (Å²) in [6.45, 7) is 0. The molecule has 78 valence electrons. The van der Waals surface area contributed by atoms with E-state index in [1.54, 1.807) is 0 Å². The van der Waals surface area contributed by atoms with Crippen molar-refractivity contribution in [3.63, 3.8) is 0 Å². The van der Waals surface area contributed by atoms with Gasteiger partial charge in [-0.25, -0.2) is 0 Å². The molecule has 0 aromatic rings. The Morgan fingerprint density at radius 2 is 1.00 bits per heavy atom. The number of hydrogen-bond acceptors (Lipinski definition) is 7. The standard InChI is InChI=1S/C7H8O7/c8-1-2(9)4(11)6(13)7(14)5(12)3(1)10/h1-4,8-11H. The minimum Gasteiger partial charge on any atom is -0.387 e. The number of rotatable bonds is 0. The molecule has 4 atom stereocenters. The Kier molecular flexibility index (Phi) is 2.76. The van der Waals surface area contributed by atoms with Gasteiger partial charge in [-0.05, 0) is 0 Å². The molecule has 0 aromatic carbocycles. The molecule has 1 fully saturated rings. The number of hydrogen-bond donors (Lipinski definition) is 4. The van der Waals surface area contributed by atoms with E-state index in [2.05, 4.69) is 0 Å². The molecule has 0 bridgehead atoms. The van der Waals surface area contributed by atoms with Gasteiger partial charge in [0.2, 0.25) is 11.6 Å². The van der Waals surface area contributed by atoms with Crippen molar-refractivity contribution < 1.29 is 34.8 Å². The SMILES string of the molecule is O=C1C(=O)C(O)C(O)C(O)C(O)C1=O. The van der Waals surface area contributed by atoms with Gasteiger partial charge in [0.05, 0.1) is 0 Å². The van der Waals surface area contributed by atoms with E-state index in [-0.39, 0.29) is 0 Å². The smallest absolute Gasteiger partial charge is 0.269 e. The van der Waals surface area contributed by atoms with E-state index in [4.69, 9.17) is 20.4 Å². The number of carbonyl (C=O) groups is 3. The molecule has 1 aliphatic carbocycles. The maximum Gasteiger partial charge on any atom is 0.269 e. The second-order valence-corrected chi connectivity index (χ2v) is 2.93. The second-order valence-electron chi connectivity index (χ2n) is 2.93. The summed E-state index contributed by atoms with van der Waals surface area (Å²) in [5, 5.41) is 36.0. The molecule has 4 N–H and O–H groups in total. The monoisotopic (exact) mass is 204 g/mol. The molecular formula is C7H8O7. The van der Waals surface area contributed by atoms with Crippen LogP contribution in [0.25, 0.3) is 0 Å². The third-order valence-electron chi connectivity index (χ3n) is 1.98. The summed E-state index contributed by atoms with van der Waals surface area (Å²) in [4.78, 5) is 32.5. The zero-order valence-corrected chi connectivity index (χ0v) is 6.82. The molecule has 0 heterocycles. The fourth-order valence-corrected chi connectivity index (χ4v) is 1.07. The lowest BCUT2D eigenvalue weighted by Crippen LogP contribution is -2.45. The molecule has 0 aliphatic heterocycles. The van der Waals surface area contributed by atoms with E-state index in [1.165, 1.54) is 0 Å². The highest BCUT2D eigenvalue weighted by atomic mass is 16.4. The third kappa shape index (κ3) is 1.46. The molecule has 4 unspecified atom stereocenters. The van der Waals surface area contributed by atoms with Crippen LogP contribution >= 0.6 is 0 Å². The zero-order chi connectivity index (χ0) is 11.0. The maximum atomic E-state index is 10.9. The summed E-state index contributed by atoms with van der Waals surface area (Å²) in [6.07, 6.45) is -8.46. The molecule has 0 saturated heterocycles. The highest BCUT2D eigenvalue weighted by Gasteiger charge is 2.47. The Labute approximate surface area is 77.6 Å². The first-order valence-electron chi connectivity index (χ1n) is 3.72. The average molecular weight is 204 g/mol. The van der Waals surface area contributed by atoms with Crippen molar-refractivity contribution in [3.8, 4) is 0 Å². The summed E-state index contributed by atoms with van der Waals surface area (Å²) >= 11 is 0. The average Bonchev–Trinajstić information content (AvgIpc) is 2.23. The lowest BCUT2D eigenvalue weighted by Gasteiger charge is -2.19. The molecular weight excluding hydrogens is 196 g/mol. The largest absolute Gasteiger partial charge is 0.387 e. The number of aliphatic hydroxyl groups is 4.